The molecule has 0 saturated carbocycles. The summed E-state index contributed by atoms with van der Waals surface area (Å²) in [5.41, 5.74) is 0. The van der Waals surface area contributed by atoms with Crippen molar-refractivity contribution in [3.8, 4) is 0 Å². The van der Waals surface area contributed by atoms with Crippen LogP contribution in [0.15, 0.2) is 0 Å². The predicted octanol–water partition coefficient (Wildman–Crippen LogP) is -0.889. The zero-order valence-electron chi connectivity index (χ0n) is 6.72. The normalized spacial score (nSPS) is 21.4. The van der Waals surface area contributed by atoms with E-state index < -0.39 is 0 Å². The highest BCUT2D eigenvalue weighted by Crippen LogP contribution is 1.92. The Hall–Kier alpha value is -0.610. The van der Waals surface area contributed by atoms with E-state index in [9.17, 15) is 4.79 Å². The lowest BCUT2D eigenvalue weighted by Gasteiger charge is -2.00. The van der Waals surface area contributed by atoms with Crippen LogP contribution in [0.5, 0.6) is 0 Å². The van der Waals surface area contributed by atoms with Crippen molar-refractivity contribution >= 4 is 5.97 Å². The summed E-state index contributed by atoms with van der Waals surface area (Å²) in [6, 6.07) is 0.632. The van der Waals surface area contributed by atoms with E-state index in [1.54, 1.807) is 0 Å². The molecule has 4 nitrogen and oxygen atoms in total. The first-order chi connectivity index (χ1) is 5.33. The third-order valence-electron chi connectivity index (χ3n) is 1.62. The molecule has 1 fully saturated rings. The molecule has 2 N–H and O–H groups in total. The lowest BCUT2D eigenvalue weighted by atomic mass is 10.4. The third-order valence-corrected chi connectivity index (χ3v) is 1.62. The van der Waals surface area contributed by atoms with E-state index in [-0.39, 0.29) is 5.97 Å². The average molecular weight is 158 g/mol. The number of rotatable bonds is 5. The summed E-state index contributed by atoms with van der Waals surface area (Å²) in [7, 11) is 1.41. The molecule has 0 aromatic carbocycles. The van der Waals surface area contributed by atoms with Crippen LogP contribution in [0, 0.1) is 0 Å². The zero-order chi connectivity index (χ0) is 8.10. The van der Waals surface area contributed by atoms with Crippen molar-refractivity contribution in [3.05, 3.63) is 0 Å². The van der Waals surface area contributed by atoms with Gasteiger partial charge in [0, 0.05) is 25.7 Å². The van der Waals surface area contributed by atoms with E-state index in [1.165, 1.54) is 7.11 Å². The number of methoxy groups -OCH3 is 1. The summed E-state index contributed by atoms with van der Waals surface area (Å²) >= 11 is 0. The quantitative estimate of drug-likeness (QED) is 0.309. The fourth-order valence-electron chi connectivity index (χ4n) is 0.796. The minimum absolute atomic E-state index is 0.152. The molecule has 4 heteroatoms. The van der Waals surface area contributed by atoms with Crippen molar-refractivity contribution in [2.24, 2.45) is 0 Å². The molecular weight excluding hydrogens is 144 g/mol. The van der Waals surface area contributed by atoms with E-state index >= 15 is 0 Å². The van der Waals surface area contributed by atoms with Crippen LogP contribution in [0.25, 0.3) is 0 Å². The number of hydrogen-bond donors (Lipinski definition) is 2. The SMILES string of the molecule is COC(=O)CCNCC1CN1. The maximum absolute atomic E-state index is 10.6. The average Bonchev–Trinajstić information content (AvgIpc) is 2.81. The first kappa shape index (κ1) is 8.49. The van der Waals surface area contributed by atoms with Gasteiger partial charge in [-0.15, -0.1) is 0 Å². The lowest BCUT2D eigenvalue weighted by molar-refractivity contribution is -0.140. The molecule has 1 atom stereocenters. The number of carbonyl (C=O) groups is 1. The maximum Gasteiger partial charge on any atom is 0.306 e. The van der Waals surface area contributed by atoms with Crippen LogP contribution in [0.1, 0.15) is 6.42 Å². The molecule has 0 aromatic heterocycles. The Kier molecular flexibility index (Phi) is 3.32. The molecule has 0 aromatic rings. The van der Waals surface area contributed by atoms with E-state index in [2.05, 4.69) is 15.4 Å². The molecule has 0 amide bonds. The summed E-state index contributed by atoms with van der Waals surface area (Å²) in [5.74, 6) is -0.152. The molecule has 1 rings (SSSR count). The van der Waals surface area contributed by atoms with Crippen molar-refractivity contribution in [1.82, 2.24) is 10.6 Å². The van der Waals surface area contributed by atoms with Gasteiger partial charge in [-0.05, 0) is 0 Å². The molecule has 1 unspecified atom stereocenters. The third kappa shape index (κ3) is 3.95. The molecule has 0 radical (unpaired) electrons. The Labute approximate surface area is 66.3 Å². The Bertz CT molecular complexity index is 134. The second-order valence-corrected chi connectivity index (χ2v) is 2.64. The highest BCUT2D eigenvalue weighted by atomic mass is 16.5. The van der Waals surface area contributed by atoms with E-state index in [0.29, 0.717) is 19.0 Å². The molecule has 0 bridgehead atoms. The Morgan fingerprint density at radius 3 is 3.09 bits per heavy atom. The van der Waals surface area contributed by atoms with Gasteiger partial charge in [0.15, 0.2) is 0 Å². The molecule has 1 heterocycles. The molecule has 1 aliphatic rings. The van der Waals surface area contributed by atoms with Crippen molar-refractivity contribution in [2.75, 3.05) is 26.7 Å². The van der Waals surface area contributed by atoms with Gasteiger partial charge in [0.1, 0.15) is 0 Å². The van der Waals surface area contributed by atoms with Gasteiger partial charge in [-0.2, -0.15) is 0 Å². The predicted molar refractivity (Wildman–Crippen MR) is 41.3 cm³/mol. The van der Waals surface area contributed by atoms with Crippen LogP contribution in [0.4, 0.5) is 0 Å². The van der Waals surface area contributed by atoms with Gasteiger partial charge in [-0.25, -0.2) is 0 Å². The second kappa shape index (κ2) is 4.31. The van der Waals surface area contributed by atoms with Crippen molar-refractivity contribution in [2.45, 2.75) is 12.5 Å². The van der Waals surface area contributed by atoms with Gasteiger partial charge in [0.2, 0.25) is 0 Å². The fourth-order valence-corrected chi connectivity index (χ4v) is 0.796. The topological polar surface area (TPSA) is 60.3 Å². The van der Waals surface area contributed by atoms with Gasteiger partial charge >= 0.3 is 5.97 Å². The Balaban J connectivity index is 1.82. The van der Waals surface area contributed by atoms with E-state index in [0.717, 1.165) is 13.1 Å². The number of hydrogen-bond acceptors (Lipinski definition) is 4. The highest BCUT2D eigenvalue weighted by Gasteiger charge is 2.18. The van der Waals surface area contributed by atoms with Gasteiger partial charge in [0.25, 0.3) is 0 Å². The first-order valence-electron chi connectivity index (χ1n) is 3.84. The van der Waals surface area contributed by atoms with Gasteiger partial charge in [-0.1, -0.05) is 0 Å². The van der Waals surface area contributed by atoms with Crippen LogP contribution in [-0.2, 0) is 9.53 Å². The largest absolute Gasteiger partial charge is 0.469 e. The monoisotopic (exact) mass is 158 g/mol. The highest BCUT2D eigenvalue weighted by molar-refractivity contribution is 5.69. The standard InChI is InChI=1S/C7H14N2O2/c1-11-7(10)2-3-8-4-6-5-9-6/h6,8-9H,2-5H2,1H3. The summed E-state index contributed by atoms with van der Waals surface area (Å²) < 4.78 is 4.48. The summed E-state index contributed by atoms with van der Waals surface area (Å²) in [4.78, 5) is 10.6. The van der Waals surface area contributed by atoms with Gasteiger partial charge < -0.3 is 15.4 Å². The van der Waals surface area contributed by atoms with Crippen molar-refractivity contribution in [3.63, 3.8) is 0 Å². The first-order valence-corrected chi connectivity index (χ1v) is 3.84. The van der Waals surface area contributed by atoms with Crippen molar-refractivity contribution < 1.29 is 9.53 Å². The summed E-state index contributed by atoms with van der Waals surface area (Å²) in [6.45, 7) is 2.77. The summed E-state index contributed by atoms with van der Waals surface area (Å²) in [6.07, 6.45) is 0.462. The van der Waals surface area contributed by atoms with Crippen LogP contribution in [0.2, 0.25) is 0 Å². The number of carbonyl (C=O) groups excluding carboxylic acids is 1. The molecular formula is C7H14N2O2. The number of esters is 1. The van der Waals surface area contributed by atoms with Crippen LogP contribution < -0.4 is 10.6 Å². The molecule has 1 aliphatic heterocycles. The van der Waals surface area contributed by atoms with Gasteiger partial charge in [0.05, 0.1) is 13.5 Å². The smallest absolute Gasteiger partial charge is 0.306 e. The molecule has 0 spiro atoms. The Morgan fingerprint density at radius 1 is 1.82 bits per heavy atom. The Morgan fingerprint density at radius 2 is 2.55 bits per heavy atom. The van der Waals surface area contributed by atoms with Crippen LogP contribution >= 0.6 is 0 Å². The maximum atomic E-state index is 10.6. The van der Waals surface area contributed by atoms with E-state index in [4.69, 9.17) is 0 Å². The number of ether oxygens (including phenoxy) is 1. The fraction of sp³-hybridized carbons (Fsp3) is 0.857. The second-order valence-electron chi connectivity index (χ2n) is 2.64. The molecule has 0 aliphatic carbocycles. The van der Waals surface area contributed by atoms with Gasteiger partial charge in [-0.3, -0.25) is 4.79 Å². The zero-order valence-corrected chi connectivity index (χ0v) is 6.72. The minimum atomic E-state index is -0.152. The molecule has 64 valence electrons. The molecule has 1 saturated heterocycles. The molecule has 11 heavy (non-hydrogen) atoms. The van der Waals surface area contributed by atoms with Crippen molar-refractivity contribution in [1.29, 1.82) is 0 Å². The van der Waals surface area contributed by atoms with Crippen LogP contribution in [-0.4, -0.2) is 38.8 Å². The van der Waals surface area contributed by atoms with Crippen LogP contribution in [0.3, 0.4) is 0 Å². The lowest BCUT2D eigenvalue weighted by Crippen LogP contribution is -2.24. The minimum Gasteiger partial charge on any atom is -0.469 e. The number of nitrogens with one attached hydrogen (secondary N) is 2. The van der Waals surface area contributed by atoms with E-state index in [1.807, 2.05) is 0 Å². The summed E-state index contributed by atoms with van der Waals surface area (Å²) in [5, 5.41) is 6.31.